The van der Waals surface area contributed by atoms with Crippen LogP contribution < -0.4 is 5.32 Å². The quantitative estimate of drug-likeness (QED) is 0.342. The molecule has 1 aromatic heterocycles. The summed E-state index contributed by atoms with van der Waals surface area (Å²) in [6, 6.07) is 21.0. The Labute approximate surface area is 262 Å². The third-order valence-corrected chi connectivity index (χ3v) is 9.01. The van der Waals surface area contributed by atoms with Crippen LogP contribution in [0, 0.1) is 13.8 Å². The number of phenolic OH excluding ortho intramolecular Hbond substituents is 1. The maximum atomic E-state index is 14.6. The lowest BCUT2D eigenvalue weighted by molar-refractivity contribution is -0.196. The zero-order chi connectivity index (χ0) is 31.8. The van der Waals surface area contributed by atoms with Crippen molar-refractivity contribution < 1.29 is 19.5 Å². The number of para-hydroxylation sites is 1. The number of urea groups is 1. The van der Waals surface area contributed by atoms with Crippen LogP contribution in [0.4, 0.5) is 4.79 Å². The number of benzene rings is 3. The highest BCUT2D eigenvalue weighted by atomic mass is 16.3. The first kappa shape index (κ1) is 30.1. The van der Waals surface area contributed by atoms with Gasteiger partial charge in [-0.2, -0.15) is 0 Å². The summed E-state index contributed by atoms with van der Waals surface area (Å²) in [6.07, 6.45) is 1.23. The van der Waals surface area contributed by atoms with Crippen molar-refractivity contribution in [1.82, 2.24) is 30.1 Å². The molecule has 2 aliphatic rings. The second kappa shape index (κ2) is 12.2. The van der Waals surface area contributed by atoms with Crippen molar-refractivity contribution in [3.8, 4) is 5.75 Å². The van der Waals surface area contributed by atoms with Crippen LogP contribution >= 0.6 is 0 Å². The molecule has 10 heteroatoms. The molecule has 0 aliphatic carbocycles. The number of hydrogen-bond donors (Lipinski definition) is 2. The summed E-state index contributed by atoms with van der Waals surface area (Å²) in [5.74, 6) is -0.265. The normalized spacial score (nSPS) is 20.4. The number of phenols is 1. The molecule has 232 valence electrons. The number of nitrogens with one attached hydrogen (secondary N) is 1. The molecule has 2 aliphatic heterocycles. The van der Waals surface area contributed by atoms with Crippen LogP contribution in [0.15, 0.2) is 79.0 Å². The number of carbonyl (C=O) groups is 3. The first-order valence-corrected chi connectivity index (χ1v) is 15.2. The van der Waals surface area contributed by atoms with E-state index in [-0.39, 0.29) is 43.1 Å². The second-order valence-corrected chi connectivity index (χ2v) is 12.0. The highest BCUT2D eigenvalue weighted by Gasteiger charge is 2.54. The van der Waals surface area contributed by atoms with Crippen molar-refractivity contribution in [3.05, 3.63) is 107 Å². The molecule has 0 saturated carbocycles. The molecule has 2 N–H and O–H groups in total. The van der Waals surface area contributed by atoms with Crippen molar-refractivity contribution >= 4 is 28.7 Å². The number of rotatable bonds is 6. The van der Waals surface area contributed by atoms with Gasteiger partial charge in [0.05, 0.1) is 18.1 Å². The molecule has 3 atom stereocenters. The summed E-state index contributed by atoms with van der Waals surface area (Å²) in [5.41, 5.74) is 5.19. The number of aryl methyl sites for hydroxylation is 2. The highest BCUT2D eigenvalue weighted by molar-refractivity contribution is 5.92. The van der Waals surface area contributed by atoms with E-state index in [9.17, 15) is 19.5 Å². The van der Waals surface area contributed by atoms with Gasteiger partial charge in [0.1, 0.15) is 18.0 Å². The predicted octanol–water partition coefficient (Wildman–Crippen LogP) is 4.13. The summed E-state index contributed by atoms with van der Waals surface area (Å²) < 4.78 is 0. The number of aromatic hydroxyl groups is 1. The first-order chi connectivity index (χ1) is 21.6. The van der Waals surface area contributed by atoms with Crippen LogP contribution in [0.1, 0.15) is 34.7 Å². The number of pyridine rings is 1. The summed E-state index contributed by atoms with van der Waals surface area (Å²) in [4.78, 5) is 50.3. The molecular weight excluding hydrogens is 568 g/mol. The SMILES string of the molecule is Cc1cc(O)cc(C)c1C[C@H]1C(=O)N(Cc2cccc3cccnc23)[C@@H](C)C2N1C(=O)CN(C)N2C(=O)NCc1ccccc1. The van der Waals surface area contributed by atoms with Crippen LogP contribution in [-0.4, -0.2) is 79.6 Å². The van der Waals surface area contributed by atoms with Gasteiger partial charge < -0.3 is 20.2 Å². The van der Waals surface area contributed by atoms with Crippen molar-refractivity contribution in [2.75, 3.05) is 13.6 Å². The topological polar surface area (TPSA) is 109 Å². The van der Waals surface area contributed by atoms with E-state index < -0.39 is 18.2 Å². The van der Waals surface area contributed by atoms with Crippen LogP contribution in [0.2, 0.25) is 0 Å². The van der Waals surface area contributed by atoms with Gasteiger partial charge in [-0.3, -0.25) is 14.6 Å². The lowest BCUT2D eigenvalue weighted by atomic mass is 9.91. The van der Waals surface area contributed by atoms with Gasteiger partial charge in [0, 0.05) is 38.1 Å². The molecule has 10 nitrogen and oxygen atoms in total. The third-order valence-electron chi connectivity index (χ3n) is 9.01. The molecule has 4 amide bonds. The predicted molar refractivity (Wildman–Crippen MR) is 171 cm³/mol. The Morgan fingerprint density at radius 1 is 1.00 bits per heavy atom. The number of aromatic nitrogens is 1. The number of hydrogen-bond acceptors (Lipinski definition) is 6. The minimum atomic E-state index is -0.860. The molecule has 6 rings (SSSR count). The molecule has 1 unspecified atom stereocenters. The number of carbonyl (C=O) groups excluding carboxylic acids is 3. The lowest BCUT2D eigenvalue weighted by Crippen LogP contribution is -2.78. The highest BCUT2D eigenvalue weighted by Crippen LogP contribution is 2.34. The lowest BCUT2D eigenvalue weighted by Gasteiger charge is -2.57. The fourth-order valence-corrected chi connectivity index (χ4v) is 6.79. The van der Waals surface area contributed by atoms with E-state index in [1.54, 1.807) is 45.2 Å². The van der Waals surface area contributed by atoms with Gasteiger partial charge >= 0.3 is 6.03 Å². The van der Waals surface area contributed by atoms with Gasteiger partial charge in [0.2, 0.25) is 11.8 Å². The standard InChI is InChI=1S/C35H38N6O4/c1-22-16-28(42)17-23(2)29(22)18-30-34(44)39(20-27-13-8-12-26-14-9-15-36-32(26)27)24(3)33-40(30)31(43)21-38(4)41(33)35(45)37-19-25-10-6-5-7-11-25/h5-17,24,30,33,42H,18-21H2,1-4H3,(H,37,45)/t24-,30-,33?/m0/s1. The van der Waals surface area contributed by atoms with E-state index in [1.165, 1.54) is 0 Å². The number of amides is 4. The van der Waals surface area contributed by atoms with Gasteiger partial charge in [-0.25, -0.2) is 14.8 Å². The summed E-state index contributed by atoms with van der Waals surface area (Å²) in [5, 5.41) is 17.4. The Balaban J connectivity index is 1.41. The van der Waals surface area contributed by atoms with Crippen molar-refractivity contribution in [3.63, 3.8) is 0 Å². The Kier molecular flexibility index (Phi) is 8.16. The van der Waals surface area contributed by atoms with E-state index in [4.69, 9.17) is 0 Å². The Hall–Kier alpha value is -4.96. The van der Waals surface area contributed by atoms with Crippen LogP contribution in [0.5, 0.6) is 5.75 Å². The molecule has 4 aromatic rings. The summed E-state index contributed by atoms with van der Waals surface area (Å²) >= 11 is 0. The Morgan fingerprint density at radius 2 is 1.71 bits per heavy atom. The Bertz CT molecular complexity index is 1730. The monoisotopic (exact) mass is 606 g/mol. The molecule has 3 heterocycles. The fraction of sp³-hybridized carbons (Fsp3) is 0.314. The van der Waals surface area contributed by atoms with E-state index in [0.717, 1.165) is 38.7 Å². The van der Waals surface area contributed by atoms with Crippen molar-refractivity contribution in [2.45, 2.75) is 58.5 Å². The van der Waals surface area contributed by atoms with Crippen molar-refractivity contribution in [1.29, 1.82) is 0 Å². The van der Waals surface area contributed by atoms with Crippen LogP contribution in [0.25, 0.3) is 10.9 Å². The van der Waals surface area contributed by atoms with Gasteiger partial charge in [-0.05, 0) is 66.8 Å². The summed E-state index contributed by atoms with van der Waals surface area (Å²) in [7, 11) is 1.72. The molecular formula is C35H38N6O4. The van der Waals surface area contributed by atoms with E-state index in [2.05, 4.69) is 10.3 Å². The maximum Gasteiger partial charge on any atom is 0.334 e. The number of nitrogens with zero attached hydrogens (tertiary/aromatic N) is 5. The van der Waals surface area contributed by atoms with Gasteiger partial charge in [0.15, 0.2) is 0 Å². The minimum Gasteiger partial charge on any atom is -0.508 e. The number of hydrazine groups is 1. The van der Waals surface area contributed by atoms with Gasteiger partial charge in [-0.1, -0.05) is 54.6 Å². The molecule has 2 fully saturated rings. The first-order valence-electron chi connectivity index (χ1n) is 15.2. The molecule has 45 heavy (non-hydrogen) atoms. The zero-order valence-corrected chi connectivity index (χ0v) is 26.0. The zero-order valence-electron chi connectivity index (χ0n) is 26.0. The Morgan fingerprint density at radius 3 is 2.44 bits per heavy atom. The maximum absolute atomic E-state index is 14.6. The van der Waals surface area contributed by atoms with E-state index in [1.807, 2.05) is 81.4 Å². The van der Waals surface area contributed by atoms with Gasteiger partial charge in [-0.15, -0.1) is 0 Å². The smallest absolute Gasteiger partial charge is 0.334 e. The van der Waals surface area contributed by atoms with Crippen LogP contribution in [-0.2, 0) is 29.1 Å². The summed E-state index contributed by atoms with van der Waals surface area (Å²) in [6.45, 7) is 6.21. The van der Waals surface area contributed by atoms with Crippen molar-refractivity contribution in [2.24, 2.45) is 0 Å². The minimum absolute atomic E-state index is 0.0491. The molecule has 2 saturated heterocycles. The number of likely N-dealkylation sites (N-methyl/N-ethyl adjacent to an activating group) is 1. The molecule has 3 aromatic carbocycles. The molecule has 0 radical (unpaired) electrons. The van der Waals surface area contributed by atoms with Gasteiger partial charge in [0.25, 0.3) is 0 Å². The number of fused-ring (bicyclic) bond motifs is 2. The average molecular weight is 607 g/mol. The van der Waals surface area contributed by atoms with E-state index >= 15 is 0 Å². The fourth-order valence-electron chi connectivity index (χ4n) is 6.79. The molecule has 0 bridgehead atoms. The van der Waals surface area contributed by atoms with Crippen LogP contribution in [0.3, 0.4) is 0 Å². The second-order valence-electron chi connectivity index (χ2n) is 12.0. The largest absolute Gasteiger partial charge is 0.508 e. The van der Waals surface area contributed by atoms with E-state index in [0.29, 0.717) is 6.54 Å². The average Bonchev–Trinajstić information content (AvgIpc) is 3.02. The molecule has 0 spiro atoms. The third kappa shape index (κ3) is 5.69. The number of piperazine rings is 1.